The summed E-state index contributed by atoms with van der Waals surface area (Å²) in [7, 11) is 0. The number of hydrogen-bond acceptors (Lipinski definition) is 3. The van der Waals surface area contributed by atoms with E-state index in [2.05, 4.69) is 5.10 Å². The lowest BCUT2D eigenvalue weighted by Gasteiger charge is -2.06. The van der Waals surface area contributed by atoms with E-state index in [1.54, 1.807) is 13.0 Å². The van der Waals surface area contributed by atoms with Crippen molar-refractivity contribution in [1.29, 1.82) is 0 Å². The minimum absolute atomic E-state index is 0.0837. The predicted octanol–water partition coefficient (Wildman–Crippen LogP) is 3.40. The lowest BCUT2D eigenvalue weighted by atomic mass is 10.4. The predicted molar refractivity (Wildman–Crippen MR) is 67.8 cm³/mol. The first-order valence-corrected chi connectivity index (χ1v) is 6.49. The topological polar surface area (TPSA) is 44.1 Å². The fourth-order valence-electron chi connectivity index (χ4n) is 1.19. The average molecular weight is 320 g/mol. The molecule has 1 rings (SSSR count). The Bertz CT molecular complexity index is 392. The number of carbonyl (C=O) groups is 1. The number of aromatic nitrogens is 2. The fourth-order valence-corrected chi connectivity index (χ4v) is 1.75. The molecular formula is C9H10Cl4N2O2. The van der Waals surface area contributed by atoms with Crippen molar-refractivity contribution in [2.45, 2.75) is 23.1 Å². The normalized spacial score (nSPS) is 11.2. The molecule has 8 heteroatoms. The van der Waals surface area contributed by atoms with E-state index in [1.165, 1.54) is 4.68 Å². The summed E-state index contributed by atoms with van der Waals surface area (Å²) < 4.78 is 6.13. The molecule has 0 aliphatic rings. The van der Waals surface area contributed by atoms with Crippen molar-refractivity contribution in [2.75, 3.05) is 6.61 Å². The van der Waals surface area contributed by atoms with Gasteiger partial charge in [-0.25, -0.2) is 0 Å². The minimum atomic E-state index is -0.822. The van der Waals surface area contributed by atoms with Crippen LogP contribution in [0.1, 0.15) is 28.0 Å². The van der Waals surface area contributed by atoms with E-state index < -0.39 is 15.6 Å². The monoisotopic (exact) mass is 318 g/mol. The second-order valence-corrected chi connectivity index (χ2v) is 5.25. The standard InChI is InChI=1S/C9H10Cl4N2O2/c1-2-17-7(16)4-15-6(9(12)13)3-5(14-15)8(10)11/h3,8-9H,2,4H2,1H3. The zero-order chi connectivity index (χ0) is 13.0. The maximum Gasteiger partial charge on any atom is 0.327 e. The molecule has 1 heterocycles. The van der Waals surface area contributed by atoms with Crippen LogP contribution in [-0.4, -0.2) is 22.4 Å². The van der Waals surface area contributed by atoms with Gasteiger partial charge in [0.2, 0.25) is 0 Å². The van der Waals surface area contributed by atoms with E-state index in [-0.39, 0.29) is 6.54 Å². The van der Waals surface area contributed by atoms with Crippen LogP contribution in [0.5, 0.6) is 0 Å². The average Bonchev–Trinajstić information content (AvgIpc) is 2.62. The molecule has 96 valence electrons. The number of halogens is 4. The molecule has 0 N–H and O–H groups in total. The van der Waals surface area contributed by atoms with Crippen LogP contribution in [0.15, 0.2) is 6.07 Å². The Labute approximate surface area is 119 Å². The Balaban J connectivity index is 2.92. The molecular weight excluding hydrogens is 310 g/mol. The van der Waals surface area contributed by atoms with Gasteiger partial charge in [-0.15, -0.1) is 0 Å². The number of esters is 1. The smallest absolute Gasteiger partial charge is 0.327 e. The van der Waals surface area contributed by atoms with Crippen LogP contribution in [0.3, 0.4) is 0 Å². The Kier molecular flexibility index (Phi) is 5.86. The molecule has 0 spiro atoms. The molecule has 0 saturated carbocycles. The van der Waals surface area contributed by atoms with Gasteiger partial charge in [0.15, 0.2) is 4.84 Å². The van der Waals surface area contributed by atoms with Crippen LogP contribution in [0.4, 0.5) is 0 Å². The summed E-state index contributed by atoms with van der Waals surface area (Å²) >= 11 is 22.9. The number of ether oxygens (including phenoxy) is 1. The van der Waals surface area contributed by atoms with Crippen LogP contribution < -0.4 is 0 Å². The minimum Gasteiger partial charge on any atom is -0.465 e. The van der Waals surface area contributed by atoms with Gasteiger partial charge in [0.05, 0.1) is 18.0 Å². The zero-order valence-electron chi connectivity index (χ0n) is 8.87. The van der Waals surface area contributed by atoms with Crippen molar-refractivity contribution < 1.29 is 9.53 Å². The van der Waals surface area contributed by atoms with Crippen molar-refractivity contribution in [1.82, 2.24) is 9.78 Å². The summed E-state index contributed by atoms with van der Waals surface area (Å²) in [4.78, 5) is 9.71. The van der Waals surface area contributed by atoms with E-state index in [0.717, 1.165) is 0 Å². The first-order chi connectivity index (χ1) is 7.95. The highest BCUT2D eigenvalue weighted by Crippen LogP contribution is 2.30. The Morgan fingerprint density at radius 1 is 1.41 bits per heavy atom. The van der Waals surface area contributed by atoms with Gasteiger partial charge >= 0.3 is 5.97 Å². The van der Waals surface area contributed by atoms with Gasteiger partial charge in [0.25, 0.3) is 0 Å². The zero-order valence-corrected chi connectivity index (χ0v) is 11.9. The van der Waals surface area contributed by atoms with Gasteiger partial charge in [-0.05, 0) is 13.0 Å². The highest BCUT2D eigenvalue weighted by Gasteiger charge is 2.19. The molecule has 0 unspecified atom stereocenters. The lowest BCUT2D eigenvalue weighted by molar-refractivity contribution is -0.144. The van der Waals surface area contributed by atoms with Gasteiger partial charge in [-0.3, -0.25) is 9.48 Å². The van der Waals surface area contributed by atoms with Crippen LogP contribution in [-0.2, 0) is 16.1 Å². The van der Waals surface area contributed by atoms with Crippen molar-refractivity contribution in [3.63, 3.8) is 0 Å². The molecule has 0 radical (unpaired) electrons. The highest BCUT2D eigenvalue weighted by molar-refractivity contribution is 6.44. The van der Waals surface area contributed by atoms with Crippen molar-refractivity contribution >= 4 is 52.4 Å². The second kappa shape index (κ2) is 6.69. The van der Waals surface area contributed by atoms with Crippen molar-refractivity contribution in [3.05, 3.63) is 17.5 Å². The molecule has 0 amide bonds. The summed E-state index contributed by atoms with van der Waals surface area (Å²) in [6.07, 6.45) is 0. The molecule has 0 bridgehead atoms. The van der Waals surface area contributed by atoms with E-state index in [1.807, 2.05) is 0 Å². The SMILES string of the molecule is CCOC(=O)Cn1nc(C(Cl)Cl)cc1C(Cl)Cl. The summed E-state index contributed by atoms with van der Waals surface area (Å²) in [6, 6.07) is 1.55. The van der Waals surface area contributed by atoms with Gasteiger partial charge in [-0.1, -0.05) is 46.4 Å². The third-order valence-corrected chi connectivity index (χ3v) is 2.76. The molecule has 0 aliphatic carbocycles. The van der Waals surface area contributed by atoms with E-state index >= 15 is 0 Å². The molecule has 1 aromatic heterocycles. The summed E-state index contributed by atoms with van der Waals surface area (Å²) in [5, 5.41) is 4.04. The quantitative estimate of drug-likeness (QED) is 0.617. The number of nitrogens with zero attached hydrogens (tertiary/aromatic N) is 2. The lowest BCUT2D eigenvalue weighted by Crippen LogP contribution is -2.16. The molecule has 1 aromatic rings. The van der Waals surface area contributed by atoms with Gasteiger partial charge in [0, 0.05) is 0 Å². The fraction of sp³-hybridized carbons (Fsp3) is 0.556. The number of hydrogen-bond donors (Lipinski definition) is 0. The first kappa shape index (κ1) is 14.9. The Hall–Kier alpha value is -0.160. The molecule has 0 aromatic carbocycles. The maximum absolute atomic E-state index is 11.3. The molecule has 0 fully saturated rings. The molecule has 4 nitrogen and oxygen atoms in total. The van der Waals surface area contributed by atoms with Crippen LogP contribution in [0.2, 0.25) is 0 Å². The molecule has 17 heavy (non-hydrogen) atoms. The summed E-state index contributed by atoms with van der Waals surface area (Å²) in [5.74, 6) is -0.432. The Morgan fingerprint density at radius 2 is 2.06 bits per heavy atom. The third kappa shape index (κ3) is 4.21. The molecule has 0 saturated heterocycles. The first-order valence-electron chi connectivity index (χ1n) is 4.75. The maximum atomic E-state index is 11.3. The highest BCUT2D eigenvalue weighted by atomic mass is 35.5. The number of carbonyl (C=O) groups excluding carboxylic acids is 1. The van der Waals surface area contributed by atoms with E-state index in [4.69, 9.17) is 51.1 Å². The van der Waals surface area contributed by atoms with Crippen molar-refractivity contribution in [2.24, 2.45) is 0 Å². The number of alkyl halides is 4. The number of rotatable bonds is 5. The summed E-state index contributed by atoms with van der Waals surface area (Å²) in [5.41, 5.74) is 0.835. The van der Waals surface area contributed by atoms with Crippen LogP contribution in [0, 0.1) is 0 Å². The van der Waals surface area contributed by atoms with Gasteiger partial charge in [0.1, 0.15) is 11.4 Å². The Morgan fingerprint density at radius 3 is 2.53 bits per heavy atom. The molecule has 0 aliphatic heterocycles. The van der Waals surface area contributed by atoms with Crippen LogP contribution >= 0.6 is 46.4 Å². The summed E-state index contributed by atoms with van der Waals surface area (Å²) in [6.45, 7) is 1.92. The second-order valence-electron chi connectivity index (χ2n) is 3.06. The van der Waals surface area contributed by atoms with Crippen molar-refractivity contribution in [3.8, 4) is 0 Å². The largest absolute Gasteiger partial charge is 0.465 e. The van der Waals surface area contributed by atoms with E-state index in [9.17, 15) is 4.79 Å². The van der Waals surface area contributed by atoms with Crippen LogP contribution in [0.25, 0.3) is 0 Å². The van der Waals surface area contributed by atoms with Gasteiger partial charge in [-0.2, -0.15) is 5.10 Å². The molecule has 0 atom stereocenters. The van der Waals surface area contributed by atoms with Gasteiger partial charge < -0.3 is 4.74 Å². The van der Waals surface area contributed by atoms with E-state index in [0.29, 0.717) is 18.0 Å². The third-order valence-electron chi connectivity index (χ3n) is 1.86.